The van der Waals surface area contributed by atoms with Gasteiger partial charge in [-0.2, -0.15) is 0 Å². The molecule has 0 bridgehead atoms. The molecule has 0 saturated carbocycles. The van der Waals surface area contributed by atoms with Gasteiger partial charge in [-0.3, -0.25) is 4.98 Å². The van der Waals surface area contributed by atoms with Gasteiger partial charge in [-0.1, -0.05) is 24.3 Å². The maximum absolute atomic E-state index is 8.81. The Bertz CT molecular complexity index is 447. The zero-order chi connectivity index (χ0) is 9.97. The van der Waals surface area contributed by atoms with Crippen LogP contribution in [-0.4, -0.2) is 9.54 Å². The number of nitrogens with zero attached hydrogens (tertiary/aromatic N) is 1. The van der Waals surface area contributed by atoms with Crippen molar-refractivity contribution in [1.82, 2.24) is 4.98 Å². The summed E-state index contributed by atoms with van der Waals surface area (Å²) in [5.74, 6) is 0. The van der Waals surface area contributed by atoms with Crippen molar-refractivity contribution in [1.29, 1.82) is 0 Å². The van der Waals surface area contributed by atoms with Crippen molar-refractivity contribution in [3.8, 4) is 0 Å². The Morgan fingerprint density at radius 2 is 2.00 bits per heavy atom. The van der Waals surface area contributed by atoms with Gasteiger partial charge < -0.3 is 10.3 Å². The number of nitrogens with two attached hydrogens (primary N) is 1. The van der Waals surface area contributed by atoms with Gasteiger partial charge >= 0.3 is 0 Å². The molecular formula is C10H10N2OS. The third-order valence-corrected chi connectivity index (χ3v) is 2.49. The minimum Gasteiger partial charge on any atom is -0.328 e. The van der Waals surface area contributed by atoms with E-state index >= 15 is 0 Å². The third-order valence-electron chi connectivity index (χ3n) is 2.03. The first-order valence-corrected chi connectivity index (χ1v) is 5.06. The smallest absolute Gasteiger partial charge is 0.120 e. The molecule has 1 aromatic carbocycles. The highest BCUT2D eigenvalue weighted by Gasteiger charge is 2.06. The highest BCUT2D eigenvalue weighted by atomic mass is 32.2. The quantitative estimate of drug-likeness (QED) is 0.585. The molecule has 2 rings (SSSR count). The number of benzene rings is 1. The van der Waals surface area contributed by atoms with Gasteiger partial charge in [0.25, 0.3) is 0 Å². The lowest BCUT2D eigenvalue weighted by Crippen LogP contribution is -2.07. The molecule has 2 aromatic rings. The molecule has 1 atom stereocenters. The number of fused-ring (bicyclic) bond motifs is 1. The maximum atomic E-state index is 8.81. The number of pyridine rings is 1. The predicted octanol–water partition coefficient (Wildman–Crippen LogP) is 2.40. The van der Waals surface area contributed by atoms with Crippen molar-refractivity contribution < 1.29 is 4.55 Å². The fourth-order valence-electron chi connectivity index (χ4n) is 1.29. The van der Waals surface area contributed by atoms with Crippen LogP contribution in [-0.2, 0) is 0 Å². The van der Waals surface area contributed by atoms with Crippen LogP contribution < -0.4 is 5.73 Å². The second-order valence-corrected chi connectivity index (χ2v) is 3.67. The molecule has 72 valence electrons. The first-order chi connectivity index (χ1) is 6.81. The van der Waals surface area contributed by atoms with E-state index in [1.807, 2.05) is 36.4 Å². The molecule has 1 unspecified atom stereocenters. The lowest BCUT2D eigenvalue weighted by atomic mass is 10.2. The Kier molecular flexibility index (Phi) is 2.67. The van der Waals surface area contributed by atoms with Crippen LogP contribution in [0.1, 0.15) is 11.1 Å². The Morgan fingerprint density at radius 1 is 1.21 bits per heavy atom. The third kappa shape index (κ3) is 1.72. The van der Waals surface area contributed by atoms with Crippen LogP contribution in [0.25, 0.3) is 10.9 Å². The molecule has 3 nitrogen and oxygen atoms in total. The zero-order valence-electron chi connectivity index (χ0n) is 7.42. The van der Waals surface area contributed by atoms with E-state index < -0.39 is 5.37 Å². The molecule has 0 spiro atoms. The molecule has 1 aromatic heterocycles. The fraction of sp³-hybridized carbons (Fsp3) is 0.100. The van der Waals surface area contributed by atoms with E-state index in [9.17, 15) is 0 Å². The topological polar surface area (TPSA) is 59.1 Å². The van der Waals surface area contributed by atoms with Gasteiger partial charge in [0.05, 0.1) is 11.2 Å². The minimum absolute atomic E-state index is 0.473. The molecular weight excluding hydrogens is 196 g/mol. The van der Waals surface area contributed by atoms with Crippen LogP contribution in [0.5, 0.6) is 0 Å². The Labute approximate surface area is 86.2 Å². The number of rotatable bonds is 2. The van der Waals surface area contributed by atoms with Gasteiger partial charge in [0.15, 0.2) is 0 Å². The lowest BCUT2D eigenvalue weighted by molar-refractivity contribution is 0.650. The molecule has 3 N–H and O–H groups in total. The van der Waals surface area contributed by atoms with Crippen molar-refractivity contribution in [2.24, 2.45) is 5.73 Å². The van der Waals surface area contributed by atoms with Gasteiger partial charge in [-0.15, -0.1) is 0 Å². The molecule has 1 heterocycles. The monoisotopic (exact) mass is 206 g/mol. The Hall–Kier alpha value is -1.10. The largest absolute Gasteiger partial charge is 0.328 e. The lowest BCUT2D eigenvalue weighted by Gasteiger charge is -2.06. The number of aromatic nitrogens is 1. The molecule has 14 heavy (non-hydrogen) atoms. The van der Waals surface area contributed by atoms with Gasteiger partial charge in [0.2, 0.25) is 0 Å². The average molecular weight is 206 g/mol. The van der Waals surface area contributed by atoms with Crippen LogP contribution in [0.15, 0.2) is 36.4 Å². The summed E-state index contributed by atoms with van der Waals surface area (Å²) in [5, 5.41) is 0.603. The molecule has 0 aliphatic heterocycles. The van der Waals surface area contributed by atoms with E-state index in [0.717, 1.165) is 10.9 Å². The summed E-state index contributed by atoms with van der Waals surface area (Å²) in [7, 11) is 0. The van der Waals surface area contributed by atoms with Crippen molar-refractivity contribution >= 4 is 22.9 Å². The highest BCUT2D eigenvalue weighted by molar-refractivity contribution is 7.93. The molecule has 0 aliphatic carbocycles. The first kappa shape index (κ1) is 9.45. The highest BCUT2D eigenvalue weighted by Crippen LogP contribution is 2.20. The fourth-order valence-corrected chi connectivity index (χ4v) is 1.53. The number of hydrogen-bond acceptors (Lipinski definition) is 4. The van der Waals surface area contributed by atoms with Crippen LogP contribution in [0.4, 0.5) is 0 Å². The summed E-state index contributed by atoms with van der Waals surface area (Å²) in [6.07, 6.45) is 0. The molecule has 0 radical (unpaired) electrons. The predicted molar refractivity (Wildman–Crippen MR) is 58.9 cm³/mol. The van der Waals surface area contributed by atoms with Crippen molar-refractivity contribution in [2.75, 3.05) is 0 Å². The maximum Gasteiger partial charge on any atom is 0.120 e. The van der Waals surface area contributed by atoms with E-state index in [0.29, 0.717) is 17.7 Å². The van der Waals surface area contributed by atoms with Crippen molar-refractivity contribution in [2.45, 2.75) is 5.37 Å². The molecule has 0 aliphatic rings. The van der Waals surface area contributed by atoms with E-state index in [1.165, 1.54) is 0 Å². The normalized spacial score (nSPS) is 13.0. The Morgan fingerprint density at radius 3 is 2.79 bits per heavy atom. The first-order valence-electron chi connectivity index (χ1n) is 4.23. The van der Waals surface area contributed by atoms with Gasteiger partial charge in [0.1, 0.15) is 5.37 Å². The van der Waals surface area contributed by atoms with Gasteiger partial charge in [-0.25, -0.2) is 0 Å². The summed E-state index contributed by atoms with van der Waals surface area (Å²) in [4.78, 5) is 4.34. The Balaban J connectivity index is 2.51. The summed E-state index contributed by atoms with van der Waals surface area (Å²) < 4.78 is 8.81. The number of para-hydroxylation sites is 1. The van der Waals surface area contributed by atoms with Crippen LogP contribution in [0.2, 0.25) is 0 Å². The van der Waals surface area contributed by atoms with Gasteiger partial charge in [-0.05, 0) is 12.1 Å². The second kappa shape index (κ2) is 3.96. The average Bonchev–Trinajstić information content (AvgIpc) is 2.27. The van der Waals surface area contributed by atoms with Crippen LogP contribution in [0, 0.1) is 0 Å². The van der Waals surface area contributed by atoms with Crippen LogP contribution >= 0.6 is 12.0 Å². The standard InChI is InChI=1S/C10H10N2OS/c11-10(14-13)9-6-5-7-3-1-2-4-8(7)12-9/h1-6,10,13H,11H2. The molecule has 0 amide bonds. The summed E-state index contributed by atoms with van der Waals surface area (Å²) in [6.45, 7) is 0. The summed E-state index contributed by atoms with van der Waals surface area (Å²) in [6, 6.07) is 11.6. The van der Waals surface area contributed by atoms with Gasteiger partial charge in [0, 0.05) is 17.4 Å². The zero-order valence-corrected chi connectivity index (χ0v) is 8.24. The molecule has 0 fully saturated rings. The molecule has 0 saturated heterocycles. The minimum atomic E-state index is -0.473. The SMILES string of the molecule is NC(SO)c1ccc2ccccc2n1. The van der Waals surface area contributed by atoms with E-state index in [4.69, 9.17) is 10.3 Å². The number of hydrogen-bond donors (Lipinski definition) is 2. The van der Waals surface area contributed by atoms with E-state index in [1.54, 1.807) is 0 Å². The van der Waals surface area contributed by atoms with E-state index in [-0.39, 0.29) is 0 Å². The van der Waals surface area contributed by atoms with Crippen molar-refractivity contribution in [3.05, 3.63) is 42.1 Å². The van der Waals surface area contributed by atoms with Crippen molar-refractivity contribution in [3.63, 3.8) is 0 Å². The second-order valence-electron chi connectivity index (χ2n) is 2.95. The molecule has 4 heteroatoms. The summed E-state index contributed by atoms with van der Waals surface area (Å²) >= 11 is 0.602. The van der Waals surface area contributed by atoms with E-state index in [2.05, 4.69) is 4.98 Å². The van der Waals surface area contributed by atoms with Crippen LogP contribution in [0.3, 0.4) is 0 Å². The summed E-state index contributed by atoms with van der Waals surface area (Å²) in [5.41, 5.74) is 7.22.